The summed E-state index contributed by atoms with van der Waals surface area (Å²) in [6.07, 6.45) is -8.17. The molecule has 1 unspecified atom stereocenters. The van der Waals surface area contributed by atoms with Crippen molar-refractivity contribution in [2.45, 2.75) is 43.3 Å². The molecule has 1 aromatic carbocycles. The maximum atomic E-state index is 13.3. The number of hydrogen-bond acceptors (Lipinski definition) is 3. The first-order valence-corrected chi connectivity index (χ1v) is 9.65. The number of amides is 1. The van der Waals surface area contributed by atoms with Gasteiger partial charge in [0, 0.05) is 12.6 Å². The number of halogens is 6. The van der Waals surface area contributed by atoms with Crippen molar-refractivity contribution in [1.82, 2.24) is 4.98 Å². The molecule has 3 nitrogen and oxygen atoms in total. The Balaban J connectivity index is 1.84. The normalized spacial score (nSPS) is 20.9. The Morgan fingerprint density at radius 1 is 1.07 bits per heavy atom. The fourth-order valence-corrected chi connectivity index (χ4v) is 4.54. The van der Waals surface area contributed by atoms with E-state index in [0.29, 0.717) is 0 Å². The lowest BCUT2D eigenvalue weighted by Gasteiger charge is -2.22. The maximum Gasteiger partial charge on any atom is 0.433 e. The van der Waals surface area contributed by atoms with Crippen LogP contribution in [0, 0.1) is 0 Å². The summed E-state index contributed by atoms with van der Waals surface area (Å²) in [5.74, 6) is -1.26. The van der Waals surface area contributed by atoms with Crippen molar-refractivity contribution in [3.8, 4) is 0 Å². The second-order valence-corrected chi connectivity index (χ2v) is 8.56. The highest BCUT2D eigenvalue weighted by molar-refractivity contribution is 8.15. The van der Waals surface area contributed by atoms with E-state index < -0.39 is 40.2 Å². The molecule has 30 heavy (non-hydrogen) atoms. The van der Waals surface area contributed by atoms with Crippen LogP contribution in [0.5, 0.6) is 0 Å². The zero-order valence-corrected chi connectivity index (χ0v) is 16.6. The molecule has 0 N–H and O–H groups in total. The fraction of sp³-hybridized carbons (Fsp3) is 0.350. The SMILES string of the molecule is C[C@H](CC1=NC(=O)C(C)(c2ccnc(C(F)(F)F)c2)S1)c1ccccc1C(F)(F)F. The van der Waals surface area contributed by atoms with Crippen LogP contribution in [-0.4, -0.2) is 15.9 Å². The number of rotatable bonds is 4. The highest BCUT2D eigenvalue weighted by atomic mass is 32.2. The number of nitrogens with zero attached hydrogens (tertiary/aromatic N) is 2. The number of hydrogen-bond donors (Lipinski definition) is 0. The van der Waals surface area contributed by atoms with Gasteiger partial charge in [-0.2, -0.15) is 26.3 Å². The average molecular weight is 446 g/mol. The molecule has 0 bridgehead atoms. The number of benzene rings is 1. The van der Waals surface area contributed by atoms with Gasteiger partial charge in [0.05, 0.1) is 10.6 Å². The van der Waals surface area contributed by atoms with Crippen molar-refractivity contribution in [1.29, 1.82) is 0 Å². The van der Waals surface area contributed by atoms with E-state index in [1.165, 1.54) is 31.2 Å². The van der Waals surface area contributed by atoms with Crippen LogP contribution >= 0.6 is 11.8 Å². The first-order chi connectivity index (χ1) is 13.8. The van der Waals surface area contributed by atoms with Gasteiger partial charge < -0.3 is 0 Å². The molecular weight excluding hydrogens is 430 g/mol. The molecule has 1 aliphatic rings. The predicted octanol–water partition coefficient (Wildman–Crippen LogP) is 6.20. The van der Waals surface area contributed by atoms with Crippen LogP contribution in [0.3, 0.4) is 0 Å². The number of carbonyl (C=O) groups is 1. The lowest BCUT2D eigenvalue weighted by molar-refractivity contribution is -0.141. The molecule has 2 atom stereocenters. The molecule has 1 aliphatic heterocycles. The van der Waals surface area contributed by atoms with E-state index in [1.807, 2.05) is 0 Å². The van der Waals surface area contributed by atoms with Crippen molar-refractivity contribution in [3.05, 3.63) is 65.0 Å². The van der Waals surface area contributed by atoms with Crippen molar-refractivity contribution in [2.75, 3.05) is 0 Å². The molecule has 0 aliphatic carbocycles. The van der Waals surface area contributed by atoms with Crippen LogP contribution in [0.25, 0.3) is 0 Å². The minimum Gasteiger partial charge on any atom is -0.271 e. The number of aliphatic imine (C=N–C) groups is 1. The third-order valence-electron chi connectivity index (χ3n) is 4.84. The standard InChI is InChI=1S/C20H16F6N2OS/c1-11(13-5-3-4-6-14(13)19(21,22)23)9-16-28-17(29)18(2,30-16)12-7-8-27-15(10-12)20(24,25)26/h3-8,10-11H,9H2,1-2H3/t11-,18?/m1/s1. The number of alkyl halides is 6. The molecule has 0 saturated heterocycles. The Morgan fingerprint density at radius 3 is 2.37 bits per heavy atom. The largest absolute Gasteiger partial charge is 0.433 e. The summed E-state index contributed by atoms with van der Waals surface area (Å²) in [6.45, 7) is 3.03. The molecule has 0 fully saturated rings. The van der Waals surface area contributed by atoms with Crippen molar-refractivity contribution < 1.29 is 31.1 Å². The number of pyridine rings is 1. The zero-order chi connectivity index (χ0) is 22.3. The summed E-state index contributed by atoms with van der Waals surface area (Å²) in [7, 11) is 0. The van der Waals surface area contributed by atoms with Crippen molar-refractivity contribution in [2.24, 2.45) is 4.99 Å². The van der Waals surface area contributed by atoms with E-state index in [4.69, 9.17) is 0 Å². The van der Waals surface area contributed by atoms with Crippen LogP contribution in [0.2, 0.25) is 0 Å². The lowest BCUT2D eigenvalue weighted by atomic mass is 9.93. The van der Waals surface area contributed by atoms with E-state index in [9.17, 15) is 31.1 Å². The average Bonchev–Trinajstić information content (AvgIpc) is 2.95. The van der Waals surface area contributed by atoms with Gasteiger partial charge in [-0.05, 0) is 42.2 Å². The van der Waals surface area contributed by atoms with Crippen molar-refractivity contribution in [3.63, 3.8) is 0 Å². The summed E-state index contributed by atoms with van der Waals surface area (Å²) in [6, 6.07) is 7.25. The van der Waals surface area contributed by atoms with Crippen LogP contribution in [0.1, 0.15) is 48.6 Å². The van der Waals surface area contributed by atoms with E-state index in [0.717, 1.165) is 30.1 Å². The molecule has 1 amide bonds. The topological polar surface area (TPSA) is 42.3 Å². The summed E-state index contributed by atoms with van der Waals surface area (Å²) >= 11 is 0.954. The van der Waals surface area contributed by atoms with Crippen LogP contribution < -0.4 is 0 Å². The van der Waals surface area contributed by atoms with Gasteiger partial charge in [-0.1, -0.05) is 36.9 Å². The fourth-order valence-electron chi connectivity index (χ4n) is 3.23. The summed E-state index contributed by atoms with van der Waals surface area (Å²) in [5.41, 5.74) is -1.74. The maximum absolute atomic E-state index is 13.3. The molecule has 1 aromatic heterocycles. The smallest absolute Gasteiger partial charge is 0.271 e. The molecular formula is C20H16F6N2OS. The van der Waals surface area contributed by atoms with Crippen molar-refractivity contribution >= 4 is 22.7 Å². The quantitative estimate of drug-likeness (QED) is 0.525. The lowest BCUT2D eigenvalue weighted by Crippen LogP contribution is -2.25. The van der Waals surface area contributed by atoms with E-state index in [2.05, 4.69) is 9.98 Å². The molecule has 2 aromatic rings. The van der Waals surface area contributed by atoms with Crippen LogP contribution in [0.15, 0.2) is 47.6 Å². The molecule has 10 heteroatoms. The van der Waals surface area contributed by atoms with Gasteiger partial charge in [-0.25, -0.2) is 4.99 Å². The van der Waals surface area contributed by atoms with Gasteiger partial charge in [0.2, 0.25) is 0 Å². The Hall–Kier alpha value is -2.36. The highest BCUT2D eigenvalue weighted by Gasteiger charge is 2.44. The second kappa shape index (κ2) is 7.72. The predicted molar refractivity (Wildman–Crippen MR) is 101 cm³/mol. The van der Waals surface area contributed by atoms with E-state index >= 15 is 0 Å². The molecule has 0 radical (unpaired) electrons. The van der Waals surface area contributed by atoms with E-state index in [-0.39, 0.29) is 22.6 Å². The monoisotopic (exact) mass is 446 g/mol. The van der Waals surface area contributed by atoms with Gasteiger partial charge >= 0.3 is 12.4 Å². The van der Waals surface area contributed by atoms with Gasteiger partial charge in [-0.15, -0.1) is 0 Å². The minimum absolute atomic E-state index is 0.0519. The summed E-state index contributed by atoms with van der Waals surface area (Å²) in [5, 5.41) is 0.275. The first kappa shape index (κ1) is 22.3. The number of thioether (sulfide) groups is 1. The summed E-state index contributed by atoms with van der Waals surface area (Å²) in [4.78, 5) is 19.7. The van der Waals surface area contributed by atoms with Gasteiger partial charge in [0.15, 0.2) is 0 Å². The Kier molecular flexibility index (Phi) is 5.74. The first-order valence-electron chi connectivity index (χ1n) is 8.83. The Bertz CT molecular complexity index is 1000. The van der Waals surface area contributed by atoms with Crippen LogP contribution in [0.4, 0.5) is 26.3 Å². The number of aromatic nitrogens is 1. The molecule has 0 spiro atoms. The molecule has 2 heterocycles. The Labute approximate surface area is 172 Å². The zero-order valence-electron chi connectivity index (χ0n) is 15.8. The molecule has 160 valence electrons. The highest BCUT2D eigenvalue weighted by Crippen LogP contribution is 2.46. The number of carbonyl (C=O) groups excluding carboxylic acids is 1. The van der Waals surface area contributed by atoms with Gasteiger partial charge in [0.25, 0.3) is 5.91 Å². The minimum atomic E-state index is -4.67. The third-order valence-corrected chi connectivity index (χ3v) is 6.15. The van der Waals surface area contributed by atoms with Crippen LogP contribution in [-0.2, 0) is 21.9 Å². The van der Waals surface area contributed by atoms with Gasteiger partial charge in [0.1, 0.15) is 10.4 Å². The third kappa shape index (κ3) is 4.38. The summed E-state index contributed by atoms with van der Waals surface area (Å²) < 4.78 is 77.3. The Morgan fingerprint density at radius 2 is 1.73 bits per heavy atom. The van der Waals surface area contributed by atoms with E-state index in [1.54, 1.807) is 6.92 Å². The van der Waals surface area contributed by atoms with Gasteiger partial charge in [-0.3, -0.25) is 9.78 Å². The molecule has 0 saturated carbocycles. The molecule has 3 rings (SSSR count). The second-order valence-electron chi connectivity index (χ2n) is 7.06.